The fourth-order valence-corrected chi connectivity index (χ4v) is 6.26. The van der Waals surface area contributed by atoms with Gasteiger partial charge in [0.2, 0.25) is 0 Å². The number of morpholine rings is 1. The molecule has 0 amide bonds. The van der Waals surface area contributed by atoms with Crippen LogP contribution >= 0.6 is 11.6 Å². The second-order valence-corrected chi connectivity index (χ2v) is 11.6. The first-order valence-electron chi connectivity index (χ1n) is 13.9. The van der Waals surface area contributed by atoms with Crippen molar-refractivity contribution in [2.24, 2.45) is 5.41 Å². The molecule has 9 heteroatoms. The Morgan fingerprint density at radius 1 is 1.11 bits per heavy atom. The molecule has 4 heterocycles. The molecule has 2 aromatic heterocycles. The monoisotopic (exact) mass is 538 g/mol. The lowest BCUT2D eigenvalue weighted by Gasteiger charge is -2.43. The molecule has 2 unspecified atom stereocenters. The molecule has 0 spiro atoms. The third-order valence-electron chi connectivity index (χ3n) is 8.19. The number of hydrogen-bond donors (Lipinski definition) is 2. The number of ether oxygens (including phenoxy) is 2. The van der Waals surface area contributed by atoms with Crippen molar-refractivity contribution >= 4 is 23.2 Å². The van der Waals surface area contributed by atoms with Crippen molar-refractivity contribution in [3.05, 3.63) is 35.5 Å². The van der Waals surface area contributed by atoms with E-state index < -0.39 is 5.41 Å². The van der Waals surface area contributed by atoms with Gasteiger partial charge < -0.3 is 20.1 Å². The first-order chi connectivity index (χ1) is 18.4. The standard InChI is InChI=1S/C29H39ClN6O2/c1-20-16-36(17-21(2)38-20)23-8-6-22(7-9-23)34-28-14-24(25(30)15-32-28)26-4-3-5-27(35-26)33-19-29(18-31)10-12-37-13-11-29/h3-5,14-15,20-23H,6-13,16-17,19H2,1-2H3,(H,32,34)(H,33,35). The van der Waals surface area contributed by atoms with E-state index in [4.69, 9.17) is 26.1 Å². The van der Waals surface area contributed by atoms with E-state index >= 15 is 0 Å². The highest BCUT2D eigenvalue weighted by atomic mass is 35.5. The number of anilines is 2. The van der Waals surface area contributed by atoms with E-state index in [-0.39, 0.29) is 0 Å². The number of hydrogen-bond acceptors (Lipinski definition) is 8. The second kappa shape index (κ2) is 12.2. The zero-order valence-corrected chi connectivity index (χ0v) is 23.2. The van der Waals surface area contributed by atoms with Gasteiger partial charge in [-0.2, -0.15) is 5.26 Å². The molecule has 2 aromatic rings. The van der Waals surface area contributed by atoms with Crippen molar-refractivity contribution in [3.8, 4) is 17.3 Å². The Morgan fingerprint density at radius 2 is 1.84 bits per heavy atom. The lowest BCUT2D eigenvalue weighted by Crippen LogP contribution is -2.51. The molecule has 0 radical (unpaired) electrons. The normalized spacial score (nSPS) is 27.8. The molecule has 3 aliphatic rings. The van der Waals surface area contributed by atoms with Gasteiger partial charge in [0, 0.05) is 56.7 Å². The fraction of sp³-hybridized carbons (Fsp3) is 0.621. The summed E-state index contributed by atoms with van der Waals surface area (Å²) in [5.74, 6) is 1.56. The van der Waals surface area contributed by atoms with Crippen LogP contribution < -0.4 is 10.6 Å². The second-order valence-electron chi connectivity index (χ2n) is 11.2. The largest absolute Gasteiger partial charge is 0.381 e. The molecule has 0 aromatic carbocycles. The zero-order chi connectivity index (χ0) is 26.5. The van der Waals surface area contributed by atoms with E-state index in [1.54, 1.807) is 6.20 Å². The van der Waals surface area contributed by atoms with Gasteiger partial charge in [-0.3, -0.25) is 4.90 Å². The molecule has 2 saturated heterocycles. The van der Waals surface area contributed by atoms with Gasteiger partial charge in [-0.25, -0.2) is 9.97 Å². The summed E-state index contributed by atoms with van der Waals surface area (Å²) >= 11 is 6.57. The van der Waals surface area contributed by atoms with Gasteiger partial charge in [0.25, 0.3) is 0 Å². The van der Waals surface area contributed by atoms with Crippen LogP contribution in [0.4, 0.5) is 11.6 Å². The molecule has 1 saturated carbocycles. The van der Waals surface area contributed by atoms with Crippen LogP contribution in [0.25, 0.3) is 11.3 Å². The molecular weight excluding hydrogens is 500 g/mol. The van der Waals surface area contributed by atoms with Crippen LogP contribution in [-0.2, 0) is 9.47 Å². The summed E-state index contributed by atoms with van der Waals surface area (Å²) in [6, 6.07) is 11.4. The van der Waals surface area contributed by atoms with Crippen LogP contribution in [0.5, 0.6) is 0 Å². The predicted octanol–water partition coefficient (Wildman–Crippen LogP) is 5.36. The Bertz CT molecular complexity index is 1120. The maximum Gasteiger partial charge on any atom is 0.126 e. The van der Waals surface area contributed by atoms with Gasteiger partial charge in [-0.05, 0) is 70.6 Å². The molecule has 1 aliphatic carbocycles. The van der Waals surface area contributed by atoms with Crippen molar-refractivity contribution in [3.63, 3.8) is 0 Å². The van der Waals surface area contributed by atoms with E-state index in [2.05, 4.69) is 40.4 Å². The minimum atomic E-state index is -0.418. The van der Waals surface area contributed by atoms with Gasteiger partial charge in [0.15, 0.2) is 0 Å². The van der Waals surface area contributed by atoms with Crippen molar-refractivity contribution in [2.75, 3.05) is 43.5 Å². The number of aromatic nitrogens is 2. The van der Waals surface area contributed by atoms with Crippen LogP contribution in [0.3, 0.4) is 0 Å². The summed E-state index contributed by atoms with van der Waals surface area (Å²) in [7, 11) is 0. The molecule has 5 rings (SSSR count). The maximum atomic E-state index is 9.75. The minimum Gasteiger partial charge on any atom is -0.381 e. The Morgan fingerprint density at radius 3 is 2.55 bits per heavy atom. The minimum absolute atomic E-state index is 0.308. The molecule has 2 aliphatic heterocycles. The summed E-state index contributed by atoms with van der Waals surface area (Å²) in [4.78, 5) is 12.0. The summed E-state index contributed by atoms with van der Waals surface area (Å²) in [5.41, 5.74) is 1.21. The molecular formula is C29H39ClN6O2. The number of rotatable bonds is 7. The van der Waals surface area contributed by atoms with E-state index in [1.807, 2.05) is 24.3 Å². The number of nitrogens with one attached hydrogen (secondary N) is 2. The topological polar surface area (TPSA) is 95.3 Å². The molecule has 2 N–H and O–H groups in total. The van der Waals surface area contributed by atoms with Crippen molar-refractivity contribution in [1.29, 1.82) is 5.26 Å². The molecule has 8 nitrogen and oxygen atoms in total. The number of nitriles is 1. The van der Waals surface area contributed by atoms with Crippen LogP contribution in [0.15, 0.2) is 30.5 Å². The Hall–Kier alpha value is -2.44. The first kappa shape index (κ1) is 27.1. The molecule has 0 bridgehead atoms. The van der Waals surface area contributed by atoms with E-state index in [0.29, 0.717) is 49.1 Å². The highest BCUT2D eigenvalue weighted by Gasteiger charge is 2.33. The van der Waals surface area contributed by atoms with Gasteiger partial charge in [0.05, 0.1) is 34.4 Å². The Labute approximate surface area is 231 Å². The Balaban J connectivity index is 1.20. The van der Waals surface area contributed by atoms with Crippen LogP contribution in [-0.4, -0.2) is 72.0 Å². The van der Waals surface area contributed by atoms with E-state index in [1.165, 1.54) is 12.8 Å². The van der Waals surface area contributed by atoms with Gasteiger partial charge in [-0.15, -0.1) is 0 Å². The average molecular weight is 539 g/mol. The number of pyridine rings is 2. The van der Waals surface area contributed by atoms with Crippen LogP contribution in [0.1, 0.15) is 52.4 Å². The average Bonchev–Trinajstić information content (AvgIpc) is 2.93. The summed E-state index contributed by atoms with van der Waals surface area (Å²) in [6.07, 6.45) is 8.39. The Kier molecular flexibility index (Phi) is 8.69. The third-order valence-corrected chi connectivity index (χ3v) is 8.49. The highest BCUT2D eigenvalue weighted by molar-refractivity contribution is 6.33. The summed E-state index contributed by atoms with van der Waals surface area (Å²) in [5, 5.41) is 17.3. The van der Waals surface area contributed by atoms with Gasteiger partial charge in [0.1, 0.15) is 11.6 Å². The van der Waals surface area contributed by atoms with Crippen LogP contribution in [0.2, 0.25) is 5.02 Å². The van der Waals surface area contributed by atoms with Crippen LogP contribution in [0, 0.1) is 16.7 Å². The van der Waals surface area contributed by atoms with Crippen molar-refractivity contribution in [2.45, 2.75) is 76.7 Å². The quantitative estimate of drug-likeness (QED) is 0.486. The predicted molar refractivity (Wildman–Crippen MR) is 150 cm³/mol. The molecule has 204 valence electrons. The fourth-order valence-electron chi connectivity index (χ4n) is 6.06. The molecule has 2 atom stereocenters. The number of nitrogens with zero attached hydrogens (tertiary/aromatic N) is 4. The highest BCUT2D eigenvalue weighted by Crippen LogP contribution is 2.33. The smallest absolute Gasteiger partial charge is 0.126 e. The third kappa shape index (κ3) is 6.58. The van der Waals surface area contributed by atoms with Gasteiger partial charge in [-0.1, -0.05) is 17.7 Å². The van der Waals surface area contributed by atoms with Gasteiger partial charge >= 0.3 is 0 Å². The number of halogens is 1. The lowest BCUT2D eigenvalue weighted by atomic mass is 9.82. The summed E-state index contributed by atoms with van der Waals surface area (Å²) in [6.45, 7) is 8.20. The summed E-state index contributed by atoms with van der Waals surface area (Å²) < 4.78 is 11.4. The molecule has 3 fully saturated rings. The van der Waals surface area contributed by atoms with Crippen molar-refractivity contribution in [1.82, 2.24) is 14.9 Å². The maximum absolute atomic E-state index is 9.75. The zero-order valence-electron chi connectivity index (χ0n) is 22.5. The SMILES string of the molecule is CC1CN(C2CCC(Nc3cc(-c4cccc(NCC5(C#N)CCOCC5)n4)c(Cl)cn3)CC2)CC(C)O1. The van der Waals surface area contributed by atoms with E-state index in [9.17, 15) is 5.26 Å². The van der Waals surface area contributed by atoms with E-state index in [0.717, 1.165) is 61.7 Å². The molecule has 38 heavy (non-hydrogen) atoms. The van der Waals surface area contributed by atoms with Crippen molar-refractivity contribution < 1.29 is 9.47 Å². The lowest BCUT2D eigenvalue weighted by molar-refractivity contribution is -0.0842. The first-order valence-corrected chi connectivity index (χ1v) is 14.3.